The summed E-state index contributed by atoms with van der Waals surface area (Å²) in [4.78, 5) is 14.2. The van der Waals surface area contributed by atoms with Crippen LogP contribution in [0.5, 0.6) is 0 Å². The molecular weight excluding hydrogens is 358 g/mol. The lowest BCUT2D eigenvalue weighted by Gasteiger charge is -2.35. The molecule has 0 saturated carbocycles. The Balaban J connectivity index is 1.63. The molecule has 0 aromatic carbocycles. The van der Waals surface area contributed by atoms with Gasteiger partial charge in [0, 0.05) is 46.4 Å². The third-order valence-corrected chi connectivity index (χ3v) is 7.05. The second kappa shape index (κ2) is 8.51. The van der Waals surface area contributed by atoms with E-state index in [1.807, 2.05) is 0 Å². The monoisotopic (exact) mass is 385 g/mol. The van der Waals surface area contributed by atoms with E-state index in [0.29, 0.717) is 57.9 Å². The number of hydrogen-bond acceptors (Lipinski definition) is 5. The summed E-state index contributed by atoms with van der Waals surface area (Å²) < 4.78 is 39.3. The molecule has 3 rings (SSSR count). The van der Waals surface area contributed by atoms with Crippen molar-refractivity contribution in [1.82, 2.24) is 13.5 Å². The van der Waals surface area contributed by atoms with E-state index in [9.17, 15) is 13.2 Å². The Hall–Kier alpha value is -1.42. The summed E-state index contributed by atoms with van der Waals surface area (Å²) in [6.45, 7) is 3.32. The summed E-state index contributed by atoms with van der Waals surface area (Å²) in [6.07, 6.45) is 5.36. The average Bonchev–Trinajstić information content (AvgIpc) is 3.05. The molecular formula is C17H27N3O5S. The second-order valence-corrected chi connectivity index (χ2v) is 8.81. The highest BCUT2D eigenvalue weighted by molar-refractivity contribution is 7.86. The summed E-state index contributed by atoms with van der Waals surface area (Å²) in [5.41, 5.74) is 0.500. The Kier molecular flexibility index (Phi) is 6.33. The van der Waals surface area contributed by atoms with Crippen LogP contribution in [0, 0.1) is 5.92 Å². The van der Waals surface area contributed by atoms with Crippen LogP contribution in [0.15, 0.2) is 23.0 Å². The van der Waals surface area contributed by atoms with Crippen LogP contribution in [-0.2, 0) is 14.9 Å². The van der Waals surface area contributed by atoms with E-state index >= 15 is 0 Å². The number of ether oxygens (including phenoxy) is 1. The van der Waals surface area contributed by atoms with Crippen LogP contribution < -0.4 is 0 Å². The van der Waals surface area contributed by atoms with Gasteiger partial charge in [-0.3, -0.25) is 4.79 Å². The normalized spacial score (nSPS) is 23.7. The number of furan rings is 1. The molecule has 0 spiro atoms. The number of amides is 1. The molecule has 0 N–H and O–H groups in total. The highest BCUT2D eigenvalue weighted by atomic mass is 32.2. The maximum Gasteiger partial charge on any atom is 0.282 e. The van der Waals surface area contributed by atoms with Gasteiger partial charge in [-0.05, 0) is 31.2 Å². The van der Waals surface area contributed by atoms with Crippen molar-refractivity contribution in [2.75, 3.05) is 53.0 Å². The van der Waals surface area contributed by atoms with Crippen LogP contribution in [0.25, 0.3) is 0 Å². The van der Waals surface area contributed by atoms with Gasteiger partial charge in [-0.25, -0.2) is 0 Å². The summed E-state index contributed by atoms with van der Waals surface area (Å²) in [6, 6.07) is 1.63. The fourth-order valence-electron chi connectivity index (χ4n) is 3.67. The van der Waals surface area contributed by atoms with Gasteiger partial charge in [0.2, 0.25) is 0 Å². The topological polar surface area (TPSA) is 83.3 Å². The molecule has 0 radical (unpaired) electrons. The van der Waals surface area contributed by atoms with Gasteiger partial charge in [-0.2, -0.15) is 17.0 Å². The molecule has 2 saturated heterocycles. The van der Waals surface area contributed by atoms with Crippen molar-refractivity contribution in [2.45, 2.75) is 19.3 Å². The van der Waals surface area contributed by atoms with Gasteiger partial charge < -0.3 is 14.1 Å². The predicted octanol–water partition coefficient (Wildman–Crippen LogP) is 1.03. The van der Waals surface area contributed by atoms with E-state index < -0.39 is 10.2 Å². The van der Waals surface area contributed by atoms with E-state index in [-0.39, 0.29) is 11.8 Å². The quantitative estimate of drug-likeness (QED) is 0.756. The minimum Gasteiger partial charge on any atom is -0.472 e. The Bertz CT molecular complexity index is 689. The van der Waals surface area contributed by atoms with Crippen molar-refractivity contribution in [3.8, 4) is 0 Å². The number of nitrogens with zero attached hydrogens (tertiary/aromatic N) is 3. The Morgan fingerprint density at radius 2 is 2.00 bits per heavy atom. The van der Waals surface area contributed by atoms with Gasteiger partial charge in [0.05, 0.1) is 18.4 Å². The molecule has 8 nitrogen and oxygen atoms in total. The smallest absolute Gasteiger partial charge is 0.282 e. The van der Waals surface area contributed by atoms with Crippen molar-refractivity contribution in [2.24, 2.45) is 5.92 Å². The first-order valence-corrected chi connectivity index (χ1v) is 10.5. The zero-order valence-corrected chi connectivity index (χ0v) is 16.0. The van der Waals surface area contributed by atoms with Crippen molar-refractivity contribution in [3.63, 3.8) is 0 Å². The first-order chi connectivity index (χ1) is 12.5. The van der Waals surface area contributed by atoms with Gasteiger partial charge >= 0.3 is 0 Å². The molecule has 0 aliphatic carbocycles. The lowest BCUT2D eigenvalue weighted by atomic mass is 10.0. The van der Waals surface area contributed by atoms with Crippen LogP contribution >= 0.6 is 0 Å². The number of carbonyl (C=O) groups is 1. The summed E-state index contributed by atoms with van der Waals surface area (Å²) in [7, 11) is -1.86. The molecule has 1 atom stereocenters. The molecule has 1 amide bonds. The molecule has 2 aliphatic rings. The third-order valence-electron chi connectivity index (χ3n) is 5.05. The minimum atomic E-state index is -3.51. The molecule has 26 heavy (non-hydrogen) atoms. The number of rotatable bonds is 5. The van der Waals surface area contributed by atoms with Gasteiger partial charge in [0.15, 0.2) is 0 Å². The standard InChI is InChI=1S/C17H27N3O5S/c1-24-13-15-4-2-7-20(12-15)26(22,23)19-8-3-6-18(9-10-19)17(21)16-5-11-25-14-16/h5,11,14-15H,2-4,6-10,12-13H2,1H3. The van der Waals surface area contributed by atoms with Gasteiger partial charge in [0.25, 0.3) is 16.1 Å². The first-order valence-electron chi connectivity index (χ1n) is 9.08. The Morgan fingerprint density at radius 1 is 1.19 bits per heavy atom. The molecule has 0 bridgehead atoms. The van der Waals surface area contributed by atoms with Gasteiger partial charge in [0.1, 0.15) is 6.26 Å². The number of hydrogen-bond donors (Lipinski definition) is 0. The van der Waals surface area contributed by atoms with Crippen LogP contribution in [0.2, 0.25) is 0 Å². The highest BCUT2D eigenvalue weighted by Gasteiger charge is 2.35. The second-order valence-electron chi connectivity index (χ2n) is 6.89. The predicted molar refractivity (Wildman–Crippen MR) is 95.9 cm³/mol. The van der Waals surface area contributed by atoms with Crippen molar-refractivity contribution < 1.29 is 22.4 Å². The number of methoxy groups -OCH3 is 1. The van der Waals surface area contributed by atoms with E-state index in [1.54, 1.807) is 22.4 Å². The molecule has 3 heterocycles. The van der Waals surface area contributed by atoms with Gasteiger partial charge in [-0.15, -0.1) is 0 Å². The summed E-state index contributed by atoms with van der Waals surface area (Å²) >= 11 is 0. The molecule has 1 aromatic rings. The summed E-state index contributed by atoms with van der Waals surface area (Å²) in [5.74, 6) is 0.130. The third kappa shape index (κ3) is 4.28. The van der Waals surface area contributed by atoms with Crippen LogP contribution in [0.3, 0.4) is 0 Å². The zero-order valence-electron chi connectivity index (χ0n) is 15.2. The number of carbonyl (C=O) groups excluding carboxylic acids is 1. The van der Waals surface area contributed by atoms with E-state index in [2.05, 4.69) is 0 Å². The Morgan fingerprint density at radius 3 is 2.73 bits per heavy atom. The van der Waals surface area contributed by atoms with Crippen LogP contribution in [-0.4, -0.2) is 80.8 Å². The maximum absolute atomic E-state index is 13.0. The SMILES string of the molecule is COCC1CCCN(S(=O)(=O)N2CCCN(C(=O)c3ccoc3)CC2)C1. The van der Waals surface area contributed by atoms with Crippen molar-refractivity contribution in [3.05, 3.63) is 24.2 Å². The van der Waals surface area contributed by atoms with Crippen LogP contribution in [0.1, 0.15) is 29.6 Å². The minimum absolute atomic E-state index is 0.115. The fourth-order valence-corrected chi connectivity index (χ4v) is 5.43. The first kappa shape index (κ1) is 19.3. The Labute approximate surface area is 154 Å². The summed E-state index contributed by atoms with van der Waals surface area (Å²) in [5, 5.41) is 0. The lowest BCUT2D eigenvalue weighted by Crippen LogP contribution is -2.49. The molecule has 146 valence electrons. The molecule has 1 aromatic heterocycles. The molecule has 2 fully saturated rings. The molecule has 1 unspecified atom stereocenters. The molecule has 2 aliphatic heterocycles. The van der Waals surface area contributed by atoms with Crippen molar-refractivity contribution >= 4 is 16.1 Å². The maximum atomic E-state index is 13.0. The zero-order chi connectivity index (χ0) is 18.6. The number of piperidine rings is 1. The largest absolute Gasteiger partial charge is 0.472 e. The van der Waals surface area contributed by atoms with Crippen LogP contribution in [0.4, 0.5) is 0 Å². The lowest BCUT2D eigenvalue weighted by molar-refractivity contribution is 0.0763. The van der Waals surface area contributed by atoms with Crippen molar-refractivity contribution in [1.29, 1.82) is 0 Å². The van der Waals surface area contributed by atoms with E-state index in [0.717, 1.165) is 12.8 Å². The van der Waals surface area contributed by atoms with E-state index in [4.69, 9.17) is 9.15 Å². The van der Waals surface area contributed by atoms with Gasteiger partial charge in [-0.1, -0.05) is 0 Å². The van der Waals surface area contributed by atoms with E-state index in [1.165, 1.54) is 16.8 Å². The highest BCUT2D eigenvalue weighted by Crippen LogP contribution is 2.22. The average molecular weight is 385 g/mol. The fraction of sp³-hybridized carbons (Fsp3) is 0.706. The molecule has 9 heteroatoms.